The molecule has 5 N–H and O–H groups in total. The van der Waals surface area contributed by atoms with Gasteiger partial charge >= 0.3 is 0 Å². The molecule has 0 aliphatic carbocycles. The van der Waals surface area contributed by atoms with Crippen molar-refractivity contribution < 1.29 is 29.9 Å². The Balaban J connectivity index is 3.99. The smallest absolute Gasteiger partial charge is 0.118 e. The van der Waals surface area contributed by atoms with Crippen LogP contribution in [0.5, 0.6) is 0 Å². The molecule has 0 amide bonds. The lowest BCUT2D eigenvalue weighted by molar-refractivity contribution is -0.118. The molecule has 0 saturated heterocycles. The van der Waals surface area contributed by atoms with E-state index in [1.54, 1.807) is 0 Å². The van der Waals surface area contributed by atoms with Crippen LogP contribution in [0.4, 0.5) is 4.39 Å². The summed E-state index contributed by atoms with van der Waals surface area (Å²) in [6.07, 6.45) is -6.87. The van der Waals surface area contributed by atoms with Crippen molar-refractivity contribution in [3.63, 3.8) is 0 Å². The van der Waals surface area contributed by atoms with Gasteiger partial charge in [0, 0.05) is 0 Å². The molecular weight excluding hydrogens is 171 g/mol. The lowest BCUT2D eigenvalue weighted by atomic mass is 10.0. The Labute approximate surface area is 68.7 Å². The van der Waals surface area contributed by atoms with Crippen molar-refractivity contribution >= 4 is 0 Å². The van der Waals surface area contributed by atoms with Crippen LogP contribution in [-0.4, -0.2) is 63.2 Å². The van der Waals surface area contributed by atoms with Crippen LogP contribution >= 0.6 is 0 Å². The highest BCUT2D eigenvalue weighted by molar-refractivity contribution is 4.79. The summed E-state index contributed by atoms with van der Waals surface area (Å²) < 4.78 is 11.7. The zero-order valence-electron chi connectivity index (χ0n) is 6.34. The number of rotatable bonds is 5. The van der Waals surface area contributed by atoms with Crippen molar-refractivity contribution in [1.82, 2.24) is 0 Å². The van der Waals surface area contributed by atoms with Crippen LogP contribution in [0, 0.1) is 0 Å². The fourth-order valence-corrected chi connectivity index (χ4v) is 0.654. The predicted octanol–water partition coefficient (Wildman–Crippen LogP) is -2.61. The average Bonchev–Trinajstić information content (AvgIpc) is 2.12. The van der Waals surface area contributed by atoms with Crippen molar-refractivity contribution in [2.75, 3.05) is 13.3 Å². The highest BCUT2D eigenvalue weighted by Crippen LogP contribution is 2.04. The molecule has 0 aromatic heterocycles. The Morgan fingerprint density at radius 3 is 1.67 bits per heavy atom. The summed E-state index contributed by atoms with van der Waals surface area (Å²) in [5.41, 5.74) is 0. The van der Waals surface area contributed by atoms with Gasteiger partial charge in [-0.1, -0.05) is 0 Å². The molecular formula is C6H13FO5. The highest BCUT2D eigenvalue weighted by Gasteiger charge is 2.29. The molecule has 0 saturated carbocycles. The number of hydrogen-bond acceptors (Lipinski definition) is 5. The molecule has 0 bridgehead atoms. The summed E-state index contributed by atoms with van der Waals surface area (Å²) in [7, 11) is 0. The van der Waals surface area contributed by atoms with Crippen LogP contribution in [-0.2, 0) is 0 Å². The first kappa shape index (κ1) is 11.7. The first-order valence-electron chi connectivity index (χ1n) is 3.43. The Morgan fingerprint density at radius 2 is 1.33 bits per heavy atom. The lowest BCUT2D eigenvalue weighted by Gasteiger charge is -2.23. The summed E-state index contributed by atoms with van der Waals surface area (Å²) in [4.78, 5) is 0. The Hall–Kier alpha value is -0.270. The minimum atomic E-state index is -1.79. The van der Waals surface area contributed by atoms with Crippen molar-refractivity contribution in [3.05, 3.63) is 0 Å². The van der Waals surface area contributed by atoms with Crippen LogP contribution in [0.3, 0.4) is 0 Å². The SMILES string of the molecule is OC[C@H](O)[C@@H](O)[C@H](O)[C@H](O)CF. The van der Waals surface area contributed by atoms with E-state index in [-0.39, 0.29) is 0 Å². The molecule has 74 valence electrons. The van der Waals surface area contributed by atoms with Gasteiger partial charge in [-0.05, 0) is 0 Å². The van der Waals surface area contributed by atoms with Gasteiger partial charge in [0.05, 0.1) is 6.61 Å². The van der Waals surface area contributed by atoms with Gasteiger partial charge in [-0.15, -0.1) is 0 Å². The van der Waals surface area contributed by atoms with Crippen LogP contribution in [0.1, 0.15) is 0 Å². The van der Waals surface area contributed by atoms with E-state index < -0.39 is 37.7 Å². The molecule has 4 atom stereocenters. The van der Waals surface area contributed by atoms with E-state index in [1.807, 2.05) is 0 Å². The molecule has 0 aliphatic rings. The quantitative estimate of drug-likeness (QED) is 0.322. The van der Waals surface area contributed by atoms with E-state index in [0.717, 1.165) is 0 Å². The van der Waals surface area contributed by atoms with E-state index in [4.69, 9.17) is 25.5 Å². The summed E-state index contributed by atoms with van der Waals surface area (Å²) in [6.45, 7) is -1.99. The van der Waals surface area contributed by atoms with E-state index in [2.05, 4.69) is 0 Å². The molecule has 0 aromatic rings. The summed E-state index contributed by atoms with van der Waals surface area (Å²) in [6, 6.07) is 0. The molecule has 0 radical (unpaired) electrons. The lowest BCUT2D eigenvalue weighted by Crippen LogP contribution is -2.46. The first-order chi connectivity index (χ1) is 5.54. The van der Waals surface area contributed by atoms with Crippen LogP contribution in [0.2, 0.25) is 0 Å². The van der Waals surface area contributed by atoms with E-state index in [9.17, 15) is 4.39 Å². The molecule has 6 heteroatoms. The second-order valence-electron chi connectivity index (χ2n) is 2.45. The Morgan fingerprint density at radius 1 is 0.917 bits per heavy atom. The predicted molar refractivity (Wildman–Crippen MR) is 37.1 cm³/mol. The minimum Gasteiger partial charge on any atom is -0.394 e. The zero-order chi connectivity index (χ0) is 9.72. The number of halogens is 1. The minimum absolute atomic E-state index is 0.767. The highest BCUT2D eigenvalue weighted by atomic mass is 19.1. The van der Waals surface area contributed by atoms with Crippen LogP contribution < -0.4 is 0 Å². The summed E-state index contributed by atoms with van der Waals surface area (Å²) in [5.74, 6) is 0. The monoisotopic (exact) mass is 184 g/mol. The summed E-state index contributed by atoms with van der Waals surface area (Å²) in [5, 5.41) is 43.5. The third-order valence-corrected chi connectivity index (χ3v) is 1.48. The second kappa shape index (κ2) is 5.39. The first-order valence-corrected chi connectivity index (χ1v) is 3.43. The van der Waals surface area contributed by atoms with Gasteiger partial charge in [-0.2, -0.15) is 0 Å². The fraction of sp³-hybridized carbons (Fsp3) is 1.00. The number of alkyl halides is 1. The molecule has 0 heterocycles. The molecule has 0 rings (SSSR count). The van der Waals surface area contributed by atoms with Gasteiger partial charge in [0.25, 0.3) is 0 Å². The van der Waals surface area contributed by atoms with Crippen molar-refractivity contribution in [1.29, 1.82) is 0 Å². The van der Waals surface area contributed by atoms with Gasteiger partial charge in [0.2, 0.25) is 0 Å². The van der Waals surface area contributed by atoms with Crippen LogP contribution in [0.25, 0.3) is 0 Å². The molecule has 0 unspecified atom stereocenters. The van der Waals surface area contributed by atoms with Crippen molar-refractivity contribution in [2.45, 2.75) is 24.4 Å². The molecule has 0 aliphatic heterocycles. The average molecular weight is 184 g/mol. The van der Waals surface area contributed by atoms with E-state index >= 15 is 0 Å². The van der Waals surface area contributed by atoms with Crippen molar-refractivity contribution in [2.24, 2.45) is 0 Å². The number of aliphatic hydroxyl groups is 5. The maximum absolute atomic E-state index is 11.7. The molecule has 5 nitrogen and oxygen atoms in total. The maximum atomic E-state index is 11.7. The second-order valence-corrected chi connectivity index (χ2v) is 2.45. The standard InChI is InChI=1S/C6H13FO5/c7-1-3(9)5(11)6(12)4(10)2-8/h3-6,8-12H,1-2H2/t3-,4+,5-,6-/m1/s1. The topological polar surface area (TPSA) is 101 Å². The number of hydrogen-bond donors (Lipinski definition) is 5. The third-order valence-electron chi connectivity index (χ3n) is 1.48. The molecule has 0 fully saturated rings. The van der Waals surface area contributed by atoms with E-state index in [0.29, 0.717) is 0 Å². The Bertz CT molecular complexity index is 109. The summed E-state index contributed by atoms with van der Waals surface area (Å²) >= 11 is 0. The van der Waals surface area contributed by atoms with E-state index in [1.165, 1.54) is 0 Å². The third kappa shape index (κ3) is 3.00. The largest absolute Gasteiger partial charge is 0.394 e. The number of aliphatic hydroxyl groups excluding tert-OH is 5. The Kier molecular flexibility index (Phi) is 5.27. The van der Waals surface area contributed by atoms with Gasteiger partial charge < -0.3 is 25.5 Å². The zero-order valence-corrected chi connectivity index (χ0v) is 6.34. The fourth-order valence-electron chi connectivity index (χ4n) is 0.654. The van der Waals surface area contributed by atoms with Gasteiger partial charge in [0.1, 0.15) is 31.1 Å². The maximum Gasteiger partial charge on any atom is 0.118 e. The van der Waals surface area contributed by atoms with Gasteiger partial charge in [-0.3, -0.25) is 0 Å². The van der Waals surface area contributed by atoms with Crippen LogP contribution in [0.15, 0.2) is 0 Å². The molecule has 0 aromatic carbocycles. The van der Waals surface area contributed by atoms with Gasteiger partial charge in [-0.25, -0.2) is 4.39 Å². The van der Waals surface area contributed by atoms with Crippen molar-refractivity contribution in [3.8, 4) is 0 Å². The van der Waals surface area contributed by atoms with Gasteiger partial charge in [0.15, 0.2) is 0 Å². The molecule has 12 heavy (non-hydrogen) atoms. The normalized spacial score (nSPS) is 21.5. The molecule has 0 spiro atoms.